The standard InChI is InChI=1S/C23H22/c1-3-5-19-8-12-21(13-9-19)23-16-14-22(15-17-23)20-10-6-18(4-2)7-11-20/h4,6-17H,2-3,5H2,1H3. The highest BCUT2D eigenvalue weighted by atomic mass is 14.1. The summed E-state index contributed by atoms with van der Waals surface area (Å²) in [6.07, 6.45) is 4.22. The van der Waals surface area contributed by atoms with Crippen LogP contribution in [-0.2, 0) is 6.42 Å². The van der Waals surface area contributed by atoms with Gasteiger partial charge in [-0.2, -0.15) is 0 Å². The van der Waals surface area contributed by atoms with Crippen LogP contribution >= 0.6 is 0 Å². The third-order valence-corrected chi connectivity index (χ3v) is 4.19. The topological polar surface area (TPSA) is 0 Å². The second-order valence-corrected chi connectivity index (χ2v) is 5.85. The number of aryl methyl sites for hydroxylation is 1. The van der Waals surface area contributed by atoms with Gasteiger partial charge in [0, 0.05) is 0 Å². The van der Waals surface area contributed by atoms with Crippen molar-refractivity contribution < 1.29 is 0 Å². The lowest BCUT2D eigenvalue weighted by Gasteiger charge is -2.06. The Hall–Kier alpha value is -2.60. The highest BCUT2D eigenvalue weighted by Gasteiger charge is 2.01. The van der Waals surface area contributed by atoms with Crippen LogP contribution in [0.15, 0.2) is 79.4 Å². The lowest BCUT2D eigenvalue weighted by molar-refractivity contribution is 0.922. The summed E-state index contributed by atoms with van der Waals surface area (Å²) in [5.74, 6) is 0. The summed E-state index contributed by atoms with van der Waals surface area (Å²) in [5.41, 5.74) is 7.58. The van der Waals surface area contributed by atoms with Gasteiger partial charge in [-0.1, -0.05) is 98.8 Å². The maximum absolute atomic E-state index is 3.80. The van der Waals surface area contributed by atoms with Crippen LogP contribution in [-0.4, -0.2) is 0 Å². The minimum atomic E-state index is 1.15. The molecule has 0 aliphatic rings. The summed E-state index contributed by atoms with van der Waals surface area (Å²) in [7, 11) is 0. The summed E-state index contributed by atoms with van der Waals surface area (Å²) in [6, 6.07) is 26.2. The minimum absolute atomic E-state index is 1.15. The highest BCUT2D eigenvalue weighted by Crippen LogP contribution is 2.25. The van der Waals surface area contributed by atoms with Crippen LogP contribution < -0.4 is 0 Å². The third-order valence-electron chi connectivity index (χ3n) is 4.19. The van der Waals surface area contributed by atoms with Crippen molar-refractivity contribution in [3.8, 4) is 22.3 Å². The molecule has 0 aliphatic carbocycles. The van der Waals surface area contributed by atoms with Gasteiger partial charge in [0.25, 0.3) is 0 Å². The Morgan fingerprint density at radius 2 is 1.04 bits per heavy atom. The number of benzene rings is 3. The number of hydrogen-bond acceptors (Lipinski definition) is 0. The fraction of sp³-hybridized carbons (Fsp3) is 0.130. The second-order valence-electron chi connectivity index (χ2n) is 5.85. The zero-order valence-corrected chi connectivity index (χ0v) is 13.6. The Morgan fingerprint density at radius 1 is 0.652 bits per heavy atom. The van der Waals surface area contributed by atoms with E-state index in [4.69, 9.17) is 0 Å². The van der Waals surface area contributed by atoms with Crippen LogP contribution in [0.4, 0.5) is 0 Å². The molecule has 0 amide bonds. The molecule has 3 aromatic rings. The summed E-state index contributed by atoms with van der Waals surface area (Å²) >= 11 is 0. The molecule has 3 aromatic carbocycles. The minimum Gasteiger partial charge on any atom is -0.0985 e. The first kappa shape index (κ1) is 15.3. The Labute approximate surface area is 139 Å². The molecule has 0 aliphatic heterocycles. The summed E-state index contributed by atoms with van der Waals surface area (Å²) in [6.45, 7) is 6.01. The quantitative estimate of drug-likeness (QED) is 0.496. The SMILES string of the molecule is C=Cc1ccc(-c2ccc(-c3ccc(CCC)cc3)cc2)cc1. The monoisotopic (exact) mass is 298 g/mol. The normalized spacial score (nSPS) is 10.5. The van der Waals surface area contributed by atoms with Gasteiger partial charge in [-0.15, -0.1) is 0 Å². The smallest absolute Gasteiger partial charge is 0.0184 e. The van der Waals surface area contributed by atoms with Gasteiger partial charge in [0.1, 0.15) is 0 Å². The van der Waals surface area contributed by atoms with E-state index < -0.39 is 0 Å². The number of hydrogen-bond donors (Lipinski definition) is 0. The van der Waals surface area contributed by atoms with Crippen molar-refractivity contribution in [3.63, 3.8) is 0 Å². The van der Waals surface area contributed by atoms with Crippen LogP contribution in [0, 0.1) is 0 Å². The van der Waals surface area contributed by atoms with E-state index in [1.165, 1.54) is 34.2 Å². The van der Waals surface area contributed by atoms with Gasteiger partial charge in [0.05, 0.1) is 0 Å². The second kappa shape index (κ2) is 7.11. The zero-order chi connectivity index (χ0) is 16.1. The predicted molar refractivity (Wildman–Crippen MR) is 101 cm³/mol. The molecule has 3 rings (SSSR count). The maximum Gasteiger partial charge on any atom is -0.0184 e. The Kier molecular flexibility index (Phi) is 4.73. The molecule has 0 aromatic heterocycles. The fourth-order valence-corrected chi connectivity index (χ4v) is 2.82. The van der Waals surface area contributed by atoms with E-state index in [1.807, 2.05) is 6.08 Å². The van der Waals surface area contributed by atoms with Gasteiger partial charge >= 0.3 is 0 Å². The van der Waals surface area contributed by atoms with Gasteiger partial charge in [-0.3, -0.25) is 0 Å². The third kappa shape index (κ3) is 3.60. The van der Waals surface area contributed by atoms with Crippen LogP contribution in [0.25, 0.3) is 28.3 Å². The average molecular weight is 298 g/mol. The van der Waals surface area contributed by atoms with Crippen molar-refractivity contribution in [1.82, 2.24) is 0 Å². The van der Waals surface area contributed by atoms with Crippen molar-refractivity contribution in [1.29, 1.82) is 0 Å². The van der Waals surface area contributed by atoms with Gasteiger partial charge in [0.15, 0.2) is 0 Å². The van der Waals surface area contributed by atoms with Gasteiger partial charge < -0.3 is 0 Å². The summed E-state index contributed by atoms with van der Waals surface area (Å²) in [4.78, 5) is 0. The molecule has 0 unspecified atom stereocenters. The molecule has 0 heterocycles. The molecule has 0 bridgehead atoms. The van der Waals surface area contributed by atoms with E-state index in [9.17, 15) is 0 Å². The summed E-state index contributed by atoms with van der Waals surface area (Å²) < 4.78 is 0. The van der Waals surface area contributed by atoms with Gasteiger partial charge in [-0.25, -0.2) is 0 Å². The molecule has 114 valence electrons. The van der Waals surface area contributed by atoms with Crippen LogP contribution in [0.5, 0.6) is 0 Å². The molecule has 0 heteroatoms. The van der Waals surface area contributed by atoms with E-state index in [0.29, 0.717) is 0 Å². The maximum atomic E-state index is 3.80. The molecule has 23 heavy (non-hydrogen) atoms. The molecular formula is C23H22. The Morgan fingerprint density at radius 3 is 1.43 bits per heavy atom. The predicted octanol–water partition coefficient (Wildman–Crippen LogP) is 6.62. The molecule has 0 saturated heterocycles. The Bertz CT molecular complexity index is 760. The molecular weight excluding hydrogens is 276 g/mol. The van der Waals surface area contributed by atoms with Crippen LogP contribution in [0.2, 0.25) is 0 Å². The van der Waals surface area contributed by atoms with Crippen molar-refractivity contribution >= 4 is 6.08 Å². The van der Waals surface area contributed by atoms with Crippen LogP contribution in [0.3, 0.4) is 0 Å². The van der Waals surface area contributed by atoms with E-state index in [-0.39, 0.29) is 0 Å². The lowest BCUT2D eigenvalue weighted by atomic mass is 9.98. The van der Waals surface area contributed by atoms with Crippen molar-refractivity contribution in [3.05, 3.63) is 90.5 Å². The van der Waals surface area contributed by atoms with Gasteiger partial charge in [0.2, 0.25) is 0 Å². The first-order valence-electron chi connectivity index (χ1n) is 8.22. The van der Waals surface area contributed by atoms with Crippen molar-refractivity contribution in [2.45, 2.75) is 19.8 Å². The zero-order valence-electron chi connectivity index (χ0n) is 13.6. The molecule has 0 radical (unpaired) electrons. The highest BCUT2D eigenvalue weighted by molar-refractivity contribution is 5.71. The molecule has 0 nitrogen and oxygen atoms in total. The molecule has 0 saturated carbocycles. The van der Waals surface area contributed by atoms with E-state index in [0.717, 1.165) is 12.0 Å². The number of rotatable bonds is 5. The molecule has 0 fully saturated rings. The van der Waals surface area contributed by atoms with E-state index >= 15 is 0 Å². The fourth-order valence-electron chi connectivity index (χ4n) is 2.82. The van der Waals surface area contributed by atoms with Gasteiger partial charge in [-0.05, 0) is 39.8 Å². The first-order valence-corrected chi connectivity index (χ1v) is 8.22. The van der Waals surface area contributed by atoms with Crippen molar-refractivity contribution in [2.75, 3.05) is 0 Å². The van der Waals surface area contributed by atoms with Crippen LogP contribution in [0.1, 0.15) is 24.5 Å². The van der Waals surface area contributed by atoms with E-state index in [2.05, 4.69) is 86.3 Å². The lowest BCUT2D eigenvalue weighted by Crippen LogP contribution is -1.84. The molecule has 0 spiro atoms. The first-order chi connectivity index (χ1) is 11.3. The van der Waals surface area contributed by atoms with E-state index in [1.54, 1.807) is 0 Å². The average Bonchev–Trinajstić information content (AvgIpc) is 2.63. The molecule has 0 N–H and O–H groups in total. The van der Waals surface area contributed by atoms with Crippen molar-refractivity contribution in [2.24, 2.45) is 0 Å². The Balaban J connectivity index is 1.81. The largest absolute Gasteiger partial charge is 0.0985 e. The summed E-state index contributed by atoms with van der Waals surface area (Å²) in [5, 5.41) is 0. The molecule has 0 atom stereocenters.